The van der Waals surface area contributed by atoms with E-state index >= 15 is 0 Å². The second-order valence-electron chi connectivity index (χ2n) is 6.21. The number of hydrogen-bond acceptors (Lipinski definition) is 6. The average molecular weight is 400 g/mol. The van der Waals surface area contributed by atoms with Crippen molar-refractivity contribution in [1.82, 2.24) is 19.3 Å². The first kappa shape index (κ1) is 19.5. The Bertz CT molecular complexity index is 1010. The van der Waals surface area contributed by atoms with E-state index in [0.29, 0.717) is 17.9 Å². The number of thiazole rings is 1. The fourth-order valence-corrected chi connectivity index (χ4v) is 3.29. The lowest BCUT2D eigenvalue weighted by molar-refractivity contribution is -0.119. The predicted molar refractivity (Wildman–Crippen MR) is 106 cm³/mol. The van der Waals surface area contributed by atoms with Gasteiger partial charge in [-0.25, -0.2) is 9.67 Å². The van der Waals surface area contributed by atoms with Gasteiger partial charge in [-0.3, -0.25) is 14.4 Å². The molecule has 1 unspecified atom stereocenters. The van der Waals surface area contributed by atoms with Crippen molar-refractivity contribution in [3.63, 3.8) is 0 Å². The van der Waals surface area contributed by atoms with E-state index in [1.54, 1.807) is 41.1 Å². The zero-order valence-corrected chi connectivity index (χ0v) is 16.3. The maximum Gasteiger partial charge on any atom is 0.307 e. The van der Waals surface area contributed by atoms with Crippen LogP contribution in [0.5, 0.6) is 0 Å². The second-order valence-corrected chi connectivity index (χ2v) is 7.03. The van der Waals surface area contributed by atoms with Crippen LogP contribution in [0, 0.1) is 6.92 Å². The lowest BCUT2D eigenvalue weighted by atomic mass is 10.2. The summed E-state index contributed by atoms with van der Waals surface area (Å²) in [7, 11) is 0. The number of carbonyl (C=O) groups is 2. The van der Waals surface area contributed by atoms with Gasteiger partial charge in [0.25, 0.3) is 0 Å². The molecule has 1 aromatic carbocycles. The van der Waals surface area contributed by atoms with Crippen LogP contribution in [0.4, 0.5) is 11.4 Å². The lowest BCUT2D eigenvalue weighted by Crippen LogP contribution is -2.24. The highest BCUT2D eigenvalue weighted by atomic mass is 32.1. The van der Waals surface area contributed by atoms with Gasteiger partial charge in [0.1, 0.15) is 18.7 Å². The van der Waals surface area contributed by atoms with Crippen LogP contribution in [-0.4, -0.2) is 31.1 Å². The molecule has 9 nitrogen and oxygen atoms in total. The van der Waals surface area contributed by atoms with Crippen molar-refractivity contribution in [2.45, 2.75) is 32.9 Å². The Morgan fingerprint density at radius 3 is 2.43 bits per heavy atom. The van der Waals surface area contributed by atoms with Crippen LogP contribution < -0.4 is 15.5 Å². The highest BCUT2D eigenvalue weighted by Gasteiger charge is 2.15. The van der Waals surface area contributed by atoms with Gasteiger partial charge >= 0.3 is 4.87 Å². The summed E-state index contributed by atoms with van der Waals surface area (Å²) >= 11 is 1.13. The average Bonchev–Trinajstić information content (AvgIpc) is 3.32. The molecule has 0 fully saturated rings. The van der Waals surface area contributed by atoms with Crippen molar-refractivity contribution in [2.75, 3.05) is 10.6 Å². The van der Waals surface area contributed by atoms with Crippen LogP contribution in [0.2, 0.25) is 0 Å². The van der Waals surface area contributed by atoms with Crippen molar-refractivity contribution in [1.29, 1.82) is 0 Å². The van der Waals surface area contributed by atoms with Gasteiger partial charge in [0, 0.05) is 35.4 Å². The molecule has 2 N–H and O–H groups in total. The van der Waals surface area contributed by atoms with Gasteiger partial charge in [-0.1, -0.05) is 11.3 Å². The third kappa shape index (κ3) is 4.71. The number of amides is 2. The summed E-state index contributed by atoms with van der Waals surface area (Å²) in [5.74, 6) is -0.409. The molecule has 0 saturated heterocycles. The Hall–Kier alpha value is -3.27. The first-order chi connectivity index (χ1) is 13.4. The van der Waals surface area contributed by atoms with Gasteiger partial charge in [0.2, 0.25) is 11.8 Å². The molecular formula is C18H20N6O3S. The van der Waals surface area contributed by atoms with Crippen molar-refractivity contribution in [3.05, 3.63) is 57.7 Å². The topological polar surface area (TPSA) is 111 Å². The zero-order valence-electron chi connectivity index (χ0n) is 15.5. The molecule has 28 heavy (non-hydrogen) atoms. The fraction of sp³-hybridized carbons (Fsp3) is 0.278. The molecule has 3 rings (SSSR count). The molecule has 0 aliphatic rings. The van der Waals surface area contributed by atoms with E-state index in [-0.39, 0.29) is 23.1 Å². The summed E-state index contributed by atoms with van der Waals surface area (Å²) in [6, 6.07) is 6.32. The molecule has 0 aliphatic carbocycles. The molecule has 2 aromatic heterocycles. The summed E-state index contributed by atoms with van der Waals surface area (Å²) in [5.41, 5.74) is 2.07. The van der Waals surface area contributed by atoms with E-state index in [1.165, 1.54) is 17.3 Å². The van der Waals surface area contributed by atoms with Crippen molar-refractivity contribution in [3.8, 4) is 0 Å². The minimum Gasteiger partial charge on any atom is -0.326 e. The molecule has 0 bridgehead atoms. The number of benzene rings is 1. The predicted octanol–water partition coefficient (Wildman–Crippen LogP) is 2.04. The largest absolute Gasteiger partial charge is 0.326 e. The molecule has 2 amide bonds. The van der Waals surface area contributed by atoms with Crippen molar-refractivity contribution < 1.29 is 9.59 Å². The summed E-state index contributed by atoms with van der Waals surface area (Å²) in [5, 5.41) is 11.3. The van der Waals surface area contributed by atoms with E-state index < -0.39 is 6.04 Å². The van der Waals surface area contributed by atoms with Gasteiger partial charge in [0.15, 0.2) is 0 Å². The van der Waals surface area contributed by atoms with Crippen molar-refractivity contribution >= 4 is 34.5 Å². The maximum absolute atomic E-state index is 12.2. The number of anilines is 2. The van der Waals surface area contributed by atoms with Crippen molar-refractivity contribution in [2.24, 2.45) is 0 Å². The lowest BCUT2D eigenvalue weighted by Gasteiger charge is -2.12. The van der Waals surface area contributed by atoms with E-state index in [0.717, 1.165) is 17.0 Å². The smallest absolute Gasteiger partial charge is 0.307 e. The van der Waals surface area contributed by atoms with Crippen LogP contribution >= 0.6 is 11.3 Å². The Labute approximate surface area is 165 Å². The van der Waals surface area contributed by atoms with Gasteiger partial charge < -0.3 is 15.2 Å². The maximum atomic E-state index is 12.2. The Kier molecular flexibility index (Phi) is 5.99. The number of carbonyl (C=O) groups excluding carboxylic acids is 2. The third-order valence-electron chi connectivity index (χ3n) is 4.19. The van der Waals surface area contributed by atoms with E-state index in [9.17, 15) is 14.4 Å². The van der Waals surface area contributed by atoms with Crippen LogP contribution in [0.3, 0.4) is 0 Å². The summed E-state index contributed by atoms with van der Waals surface area (Å²) in [4.78, 5) is 39.8. The third-order valence-corrected chi connectivity index (χ3v) is 5.07. The monoisotopic (exact) mass is 400 g/mol. The molecule has 3 aromatic rings. The van der Waals surface area contributed by atoms with Crippen LogP contribution in [0.15, 0.2) is 47.1 Å². The Balaban J connectivity index is 1.52. The molecule has 1 atom stereocenters. The van der Waals surface area contributed by atoms with Crippen LogP contribution in [-0.2, 0) is 16.1 Å². The molecule has 0 spiro atoms. The number of aromatic nitrogens is 4. The number of hydrogen-bond donors (Lipinski definition) is 2. The summed E-state index contributed by atoms with van der Waals surface area (Å²) in [6.07, 6.45) is 3.05. The zero-order chi connectivity index (χ0) is 20.1. The molecule has 146 valence electrons. The standard InChI is InChI=1S/C18H20N6O3S/c1-12-9-28-18(27)23(12)8-7-16(25)21-14-3-5-15(6-4-14)22-17(26)13(2)24-11-19-10-20-24/h3-6,9-11,13H,7-8H2,1-2H3,(H,21,25)(H,22,26). The Morgan fingerprint density at radius 2 is 1.86 bits per heavy atom. The molecule has 0 aliphatic heterocycles. The van der Waals surface area contributed by atoms with E-state index in [1.807, 2.05) is 6.92 Å². The molecule has 2 heterocycles. The molecule has 0 saturated carbocycles. The van der Waals surface area contributed by atoms with Gasteiger partial charge in [-0.15, -0.1) is 0 Å². The number of nitrogens with one attached hydrogen (secondary N) is 2. The summed E-state index contributed by atoms with van der Waals surface area (Å²) < 4.78 is 3.05. The normalized spacial score (nSPS) is 11.8. The first-order valence-electron chi connectivity index (χ1n) is 8.64. The SMILES string of the molecule is Cc1csc(=O)n1CCC(=O)Nc1ccc(NC(=O)C(C)n2cncn2)cc1. The quantitative estimate of drug-likeness (QED) is 0.630. The molecule has 10 heteroatoms. The van der Waals surface area contributed by atoms with Gasteiger partial charge in [0.05, 0.1) is 0 Å². The second kappa shape index (κ2) is 8.61. The van der Waals surface area contributed by atoms with E-state index in [4.69, 9.17) is 0 Å². The highest BCUT2D eigenvalue weighted by Crippen LogP contribution is 2.16. The number of nitrogens with zero attached hydrogens (tertiary/aromatic N) is 4. The van der Waals surface area contributed by atoms with Gasteiger partial charge in [-0.05, 0) is 38.1 Å². The van der Waals surface area contributed by atoms with Crippen LogP contribution in [0.1, 0.15) is 25.1 Å². The fourth-order valence-electron chi connectivity index (χ4n) is 2.53. The van der Waals surface area contributed by atoms with E-state index in [2.05, 4.69) is 20.7 Å². The first-order valence-corrected chi connectivity index (χ1v) is 9.52. The molecular weight excluding hydrogens is 380 g/mol. The number of rotatable bonds is 7. The van der Waals surface area contributed by atoms with Crippen LogP contribution in [0.25, 0.3) is 0 Å². The highest BCUT2D eigenvalue weighted by molar-refractivity contribution is 7.07. The minimum absolute atomic E-state index is 0.0643. The summed E-state index contributed by atoms with van der Waals surface area (Å²) in [6.45, 7) is 3.90. The number of aryl methyl sites for hydroxylation is 1. The molecule has 0 radical (unpaired) electrons. The Morgan fingerprint density at radius 1 is 1.18 bits per heavy atom. The minimum atomic E-state index is -0.495. The van der Waals surface area contributed by atoms with Gasteiger partial charge in [-0.2, -0.15) is 5.10 Å².